The fourth-order valence-corrected chi connectivity index (χ4v) is 1.79. The maximum absolute atomic E-state index is 10.7. The second kappa shape index (κ2) is 3.96. The highest BCUT2D eigenvalue weighted by Gasteiger charge is 2.06. The maximum atomic E-state index is 10.7. The molecule has 0 radical (unpaired) electrons. The van der Waals surface area contributed by atoms with Gasteiger partial charge in [0, 0.05) is 35.1 Å². The molecule has 2 N–H and O–H groups in total. The Morgan fingerprint density at radius 1 is 1.11 bits per heavy atom. The van der Waals surface area contributed by atoms with Gasteiger partial charge in [-0.15, -0.1) is 0 Å². The summed E-state index contributed by atoms with van der Waals surface area (Å²) in [5, 5.41) is 9.79. The number of nitrogens with one attached hydrogen (secondary N) is 1. The fourth-order valence-electron chi connectivity index (χ4n) is 1.79. The molecular weight excluding hydrogens is 230 g/mol. The predicted octanol–water partition coefficient (Wildman–Crippen LogP) is 2.32. The molecule has 0 aliphatic heterocycles. The first-order valence-corrected chi connectivity index (χ1v) is 5.37. The number of carboxylic acids is 1. The topological polar surface area (TPSA) is 78.9 Å². The van der Waals surface area contributed by atoms with Crippen LogP contribution in [0.2, 0.25) is 0 Å². The van der Waals surface area contributed by atoms with Crippen molar-refractivity contribution in [3.05, 3.63) is 48.5 Å². The molecule has 3 aromatic rings. The number of hydrogen-bond acceptors (Lipinski definition) is 3. The van der Waals surface area contributed by atoms with Crippen LogP contribution in [0.3, 0.4) is 0 Å². The van der Waals surface area contributed by atoms with Crippen LogP contribution in [0.25, 0.3) is 22.2 Å². The van der Waals surface area contributed by atoms with E-state index in [0.29, 0.717) is 0 Å². The largest absolute Gasteiger partial charge is 0.477 e. The minimum absolute atomic E-state index is 0.0365. The summed E-state index contributed by atoms with van der Waals surface area (Å²) in [4.78, 5) is 21.9. The summed E-state index contributed by atoms with van der Waals surface area (Å²) in [6.07, 6.45) is 5.10. The van der Waals surface area contributed by atoms with Gasteiger partial charge >= 0.3 is 5.97 Å². The van der Waals surface area contributed by atoms with Gasteiger partial charge in [0.2, 0.25) is 0 Å². The number of pyridine rings is 2. The van der Waals surface area contributed by atoms with Gasteiger partial charge in [-0.2, -0.15) is 0 Å². The molecule has 0 amide bonds. The van der Waals surface area contributed by atoms with E-state index in [9.17, 15) is 4.79 Å². The Morgan fingerprint density at radius 3 is 2.67 bits per heavy atom. The number of hydrogen-bond donors (Lipinski definition) is 2. The van der Waals surface area contributed by atoms with Gasteiger partial charge in [0.15, 0.2) is 0 Å². The van der Waals surface area contributed by atoms with Crippen LogP contribution in [-0.4, -0.2) is 26.0 Å². The lowest BCUT2D eigenvalue weighted by Crippen LogP contribution is -1.99. The fraction of sp³-hybridized carbons (Fsp3) is 0. The molecule has 0 aliphatic rings. The molecule has 0 aliphatic carbocycles. The SMILES string of the molecule is O=C(O)c1ccc(-c2cnc3[nH]ccc3c2)cn1. The van der Waals surface area contributed by atoms with Crippen molar-refractivity contribution in [2.45, 2.75) is 0 Å². The highest BCUT2D eigenvalue weighted by atomic mass is 16.4. The van der Waals surface area contributed by atoms with Crippen molar-refractivity contribution in [1.29, 1.82) is 0 Å². The van der Waals surface area contributed by atoms with E-state index in [1.54, 1.807) is 18.5 Å². The van der Waals surface area contributed by atoms with Crippen LogP contribution >= 0.6 is 0 Å². The second-order valence-corrected chi connectivity index (χ2v) is 3.88. The summed E-state index contributed by atoms with van der Waals surface area (Å²) in [5.74, 6) is -1.03. The number of aromatic nitrogens is 3. The lowest BCUT2D eigenvalue weighted by molar-refractivity contribution is 0.0690. The van der Waals surface area contributed by atoms with E-state index in [0.717, 1.165) is 22.2 Å². The maximum Gasteiger partial charge on any atom is 0.354 e. The Hall–Kier alpha value is -2.69. The Labute approximate surface area is 102 Å². The third kappa shape index (κ3) is 1.71. The average Bonchev–Trinajstić information content (AvgIpc) is 2.86. The van der Waals surface area contributed by atoms with Crippen LogP contribution in [0.15, 0.2) is 42.9 Å². The molecule has 3 rings (SSSR count). The third-order valence-corrected chi connectivity index (χ3v) is 2.72. The van der Waals surface area contributed by atoms with Gasteiger partial charge < -0.3 is 10.1 Å². The highest BCUT2D eigenvalue weighted by Crippen LogP contribution is 2.21. The van der Waals surface area contributed by atoms with E-state index < -0.39 is 5.97 Å². The molecule has 0 fully saturated rings. The molecule has 0 saturated heterocycles. The zero-order valence-electron chi connectivity index (χ0n) is 9.29. The normalized spacial score (nSPS) is 10.7. The summed E-state index contributed by atoms with van der Waals surface area (Å²) in [6, 6.07) is 7.13. The number of aromatic carboxylic acids is 1. The first kappa shape index (κ1) is 10.5. The van der Waals surface area contributed by atoms with Gasteiger partial charge in [-0.05, 0) is 18.2 Å². The van der Waals surface area contributed by atoms with Crippen molar-refractivity contribution in [2.75, 3.05) is 0 Å². The standard InChI is InChI=1S/C13H9N3O2/c17-13(18)11-2-1-9(6-15-11)10-5-8-3-4-14-12(8)16-7-10/h1-7H,(H,14,16)(H,17,18). The van der Waals surface area contributed by atoms with Gasteiger partial charge in [0.1, 0.15) is 11.3 Å². The predicted molar refractivity (Wildman–Crippen MR) is 66.3 cm³/mol. The first-order valence-electron chi connectivity index (χ1n) is 5.37. The quantitative estimate of drug-likeness (QED) is 0.719. The molecule has 0 spiro atoms. The average molecular weight is 239 g/mol. The van der Waals surface area contributed by atoms with Gasteiger partial charge in [-0.3, -0.25) is 0 Å². The highest BCUT2D eigenvalue weighted by molar-refractivity contribution is 5.86. The van der Waals surface area contributed by atoms with Crippen molar-refractivity contribution >= 4 is 17.0 Å². The van der Waals surface area contributed by atoms with Crippen molar-refractivity contribution in [2.24, 2.45) is 0 Å². The zero-order chi connectivity index (χ0) is 12.5. The van der Waals surface area contributed by atoms with Gasteiger partial charge in [0.25, 0.3) is 0 Å². The number of nitrogens with zero attached hydrogens (tertiary/aromatic N) is 2. The van der Waals surface area contributed by atoms with Crippen LogP contribution in [0, 0.1) is 0 Å². The number of aromatic amines is 1. The van der Waals surface area contributed by atoms with E-state index in [4.69, 9.17) is 5.11 Å². The lowest BCUT2D eigenvalue weighted by atomic mass is 10.1. The Balaban J connectivity index is 2.05. The van der Waals surface area contributed by atoms with Crippen molar-refractivity contribution in [1.82, 2.24) is 15.0 Å². The Bertz CT molecular complexity index is 716. The zero-order valence-corrected chi connectivity index (χ0v) is 9.29. The summed E-state index contributed by atoms with van der Waals surface area (Å²) < 4.78 is 0. The monoisotopic (exact) mass is 239 g/mol. The molecule has 0 saturated carbocycles. The molecule has 0 atom stereocenters. The molecule has 0 bridgehead atoms. The molecule has 3 heterocycles. The molecule has 88 valence electrons. The van der Waals surface area contributed by atoms with E-state index >= 15 is 0 Å². The Morgan fingerprint density at radius 2 is 1.94 bits per heavy atom. The smallest absolute Gasteiger partial charge is 0.354 e. The molecule has 5 nitrogen and oxygen atoms in total. The summed E-state index contributed by atoms with van der Waals surface area (Å²) in [7, 11) is 0. The number of carboxylic acid groups (broad SMARTS) is 1. The van der Waals surface area contributed by atoms with Crippen LogP contribution in [0.5, 0.6) is 0 Å². The van der Waals surface area contributed by atoms with Crippen LogP contribution < -0.4 is 0 Å². The first-order chi connectivity index (χ1) is 8.74. The van der Waals surface area contributed by atoms with E-state index in [1.807, 2.05) is 18.3 Å². The van der Waals surface area contributed by atoms with Crippen molar-refractivity contribution < 1.29 is 9.90 Å². The molecular formula is C13H9N3O2. The third-order valence-electron chi connectivity index (χ3n) is 2.72. The number of fused-ring (bicyclic) bond motifs is 1. The summed E-state index contributed by atoms with van der Waals surface area (Å²) >= 11 is 0. The molecule has 0 aromatic carbocycles. The van der Waals surface area contributed by atoms with Crippen LogP contribution in [0.4, 0.5) is 0 Å². The summed E-state index contributed by atoms with van der Waals surface area (Å²) in [6.45, 7) is 0. The van der Waals surface area contributed by atoms with Crippen LogP contribution in [0.1, 0.15) is 10.5 Å². The minimum Gasteiger partial charge on any atom is -0.477 e. The number of H-pyrrole nitrogens is 1. The molecule has 18 heavy (non-hydrogen) atoms. The van der Waals surface area contributed by atoms with Gasteiger partial charge in [-0.1, -0.05) is 6.07 Å². The van der Waals surface area contributed by atoms with E-state index in [-0.39, 0.29) is 5.69 Å². The second-order valence-electron chi connectivity index (χ2n) is 3.88. The lowest BCUT2D eigenvalue weighted by Gasteiger charge is -2.01. The molecule has 3 aromatic heterocycles. The number of rotatable bonds is 2. The molecule has 0 unspecified atom stereocenters. The Kier molecular flexibility index (Phi) is 2.30. The van der Waals surface area contributed by atoms with Crippen molar-refractivity contribution in [3.63, 3.8) is 0 Å². The molecule has 5 heteroatoms. The van der Waals surface area contributed by atoms with E-state index in [2.05, 4.69) is 15.0 Å². The van der Waals surface area contributed by atoms with Gasteiger partial charge in [0.05, 0.1) is 0 Å². The summed E-state index contributed by atoms with van der Waals surface area (Å²) in [5.41, 5.74) is 2.62. The van der Waals surface area contributed by atoms with Crippen LogP contribution in [-0.2, 0) is 0 Å². The van der Waals surface area contributed by atoms with E-state index in [1.165, 1.54) is 6.07 Å². The minimum atomic E-state index is -1.03. The van der Waals surface area contributed by atoms with Gasteiger partial charge in [-0.25, -0.2) is 14.8 Å². The number of carbonyl (C=O) groups is 1. The van der Waals surface area contributed by atoms with Crippen molar-refractivity contribution in [3.8, 4) is 11.1 Å².